The molecule has 0 aromatic heterocycles. The zero-order chi connectivity index (χ0) is 16.6. The maximum absolute atomic E-state index is 12.5. The maximum atomic E-state index is 12.5. The third kappa shape index (κ3) is 3.09. The van der Waals surface area contributed by atoms with E-state index in [1.54, 1.807) is 0 Å². The van der Waals surface area contributed by atoms with E-state index in [2.05, 4.69) is 10.6 Å². The van der Waals surface area contributed by atoms with Crippen LogP contribution in [0.25, 0.3) is 0 Å². The lowest BCUT2D eigenvalue weighted by molar-refractivity contribution is -0.0356. The van der Waals surface area contributed by atoms with Gasteiger partial charge in [0.2, 0.25) is 0 Å². The van der Waals surface area contributed by atoms with Crippen molar-refractivity contribution in [2.45, 2.75) is 62.6 Å². The third-order valence-corrected chi connectivity index (χ3v) is 5.71. The Kier molecular flexibility index (Phi) is 4.12. The first kappa shape index (κ1) is 15.8. The van der Waals surface area contributed by atoms with Crippen LogP contribution in [0.2, 0.25) is 0 Å². The molecule has 2 amide bonds. The molecule has 1 aromatic carbocycles. The minimum Gasteiger partial charge on any atom is -0.487 e. The normalized spacial score (nSPS) is 25.1. The predicted octanol–water partition coefficient (Wildman–Crippen LogP) is 2.89. The van der Waals surface area contributed by atoms with Gasteiger partial charge in [-0.15, -0.1) is 0 Å². The molecule has 130 valence electrons. The van der Waals surface area contributed by atoms with Crippen molar-refractivity contribution < 1.29 is 14.6 Å². The van der Waals surface area contributed by atoms with Crippen molar-refractivity contribution >= 4 is 6.03 Å². The zero-order valence-electron chi connectivity index (χ0n) is 14.0. The Labute approximate surface area is 142 Å². The van der Waals surface area contributed by atoms with Crippen LogP contribution in [-0.2, 0) is 0 Å². The van der Waals surface area contributed by atoms with E-state index >= 15 is 0 Å². The SMILES string of the molecule is O=C(N[C@@H](CCO)C1CC1)N[C@@H]1CC2(CCC2)Oc2ccccc21. The number of ether oxygens (including phenoxy) is 1. The molecule has 0 bridgehead atoms. The molecule has 0 unspecified atom stereocenters. The quantitative estimate of drug-likeness (QED) is 0.777. The van der Waals surface area contributed by atoms with Crippen molar-refractivity contribution in [1.29, 1.82) is 0 Å². The van der Waals surface area contributed by atoms with Gasteiger partial charge in [0.1, 0.15) is 11.4 Å². The van der Waals surface area contributed by atoms with Gasteiger partial charge < -0.3 is 20.5 Å². The number of hydrogen-bond donors (Lipinski definition) is 3. The molecule has 0 radical (unpaired) electrons. The van der Waals surface area contributed by atoms with Crippen LogP contribution in [0.1, 0.15) is 56.6 Å². The van der Waals surface area contributed by atoms with E-state index in [1.807, 2.05) is 24.3 Å². The maximum Gasteiger partial charge on any atom is 0.315 e. The van der Waals surface area contributed by atoms with Crippen LogP contribution in [0, 0.1) is 5.92 Å². The van der Waals surface area contributed by atoms with Crippen LogP contribution in [0.5, 0.6) is 5.75 Å². The van der Waals surface area contributed by atoms with E-state index < -0.39 is 0 Å². The monoisotopic (exact) mass is 330 g/mol. The van der Waals surface area contributed by atoms with Crippen LogP contribution in [0.4, 0.5) is 4.79 Å². The number of hydrogen-bond acceptors (Lipinski definition) is 3. The van der Waals surface area contributed by atoms with Crippen LogP contribution < -0.4 is 15.4 Å². The first-order valence-corrected chi connectivity index (χ1v) is 9.15. The van der Waals surface area contributed by atoms with Crippen molar-refractivity contribution in [1.82, 2.24) is 10.6 Å². The number of aliphatic hydroxyl groups excluding tert-OH is 1. The van der Waals surface area contributed by atoms with Crippen LogP contribution in [-0.4, -0.2) is 29.4 Å². The minimum atomic E-state index is -0.128. The highest BCUT2D eigenvalue weighted by molar-refractivity contribution is 5.75. The van der Waals surface area contributed by atoms with Crippen LogP contribution in [0.15, 0.2) is 24.3 Å². The van der Waals surface area contributed by atoms with Crippen LogP contribution in [0.3, 0.4) is 0 Å². The number of carbonyl (C=O) groups is 1. The van der Waals surface area contributed by atoms with Crippen LogP contribution >= 0.6 is 0 Å². The summed E-state index contributed by atoms with van der Waals surface area (Å²) in [6, 6.07) is 7.96. The molecule has 1 aliphatic heterocycles. The highest BCUT2D eigenvalue weighted by Crippen LogP contribution is 2.48. The van der Waals surface area contributed by atoms with Crippen molar-refractivity contribution in [3.8, 4) is 5.75 Å². The molecule has 2 aliphatic carbocycles. The molecule has 1 spiro atoms. The second-order valence-electron chi connectivity index (χ2n) is 7.51. The Morgan fingerprint density at radius 3 is 2.79 bits per heavy atom. The molecular weight excluding hydrogens is 304 g/mol. The van der Waals surface area contributed by atoms with E-state index in [1.165, 1.54) is 6.42 Å². The Hall–Kier alpha value is -1.75. The van der Waals surface area contributed by atoms with E-state index in [9.17, 15) is 9.90 Å². The zero-order valence-corrected chi connectivity index (χ0v) is 14.0. The Morgan fingerprint density at radius 1 is 1.33 bits per heavy atom. The first-order valence-electron chi connectivity index (χ1n) is 9.15. The number of carbonyl (C=O) groups excluding carboxylic acids is 1. The molecule has 4 rings (SSSR count). The fourth-order valence-electron chi connectivity index (χ4n) is 4.06. The summed E-state index contributed by atoms with van der Waals surface area (Å²) in [5.74, 6) is 1.44. The molecule has 2 fully saturated rings. The summed E-state index contributed by atoms with van der Waals surface area (Å²) in [5, 5.41) is 15.4. The van der Waals surface area contributed by atoms with Gasteiger partial charge in [0.15, 0.2) is 0 Å². The summed E-state index contributed by atoms with van der Waals surface area (Å²) in [4.78, 5) is 12.5. The highest BCUT2D eigenvalue weighted by Gasteiger charge is 2.46. The number of para-hydroxylation sites is 1. The summed E-state index contributed by atoms with van der Waals surface area (Å²) < 4.78 is 6.23. The fraction of sp³-hybridized carbons (Fsp3) is 0.632. The molecular formula is C19H26N2O3. The molecule has 24 heavy (non-hydrogen) atoms. The van der Waals surface area contributed by atoms with Gasteiger partial charge in [-0.2, -0.15) is 0 Å². The number of aliphatic hydroxyl groups is 1. The number of nitrogens with one attached hydrogen (secondary N) is 2. The van der Waals surface area contributed by atoms with Gasteiger partial charge in [0.25, 0.3) is 0 Å². The topological polar surface area (TPSA) is 70.6 Å². The second-order valence-corrected chi connectivity index (χ2v) is 7.51. The largest absolute Gasteiger partial charge is 0.487 e. The third-order valence-electron chi connectivity index (χ3n) is 5.71. The number of fused-ring (bicyclic) bond motifs is 1. The molecule has 3 aliphatic rings. The second kappa shape index (κ2) is 6.28. The Balaban J connectivity index is 1.45. The van der Waals surface area contributed by atoms with Gasteiger partial charge in [0, 0.05) is 24.6 Å². The van der Waals surface area contributed by atoms with Gasteiger partial charge in [-0.1, -0.05) is 18.2 Å². The Bertz CT molecular complexity index is 610. The molecule has 5 heteroatoms. The average Bonchev–Trinajstić information content (AvgIpc) is 3.37. The van der Waals surface area contributed by atoms with Crippen molar-refractivity contribution in [2.24, 2.45) is 5.92 Å². The molecule has 2 atom stereocenters. The lowest BCUT2D eigenvalue weighted by atomic mass is 9.73. The van der Waals surface area contributed by atoms with Crippen molar-refractivity contribution in [3.05, 3.63) is 29.8 Å². The Morgan fingerprint density at radius 2 is 2.12 bits per heavy atom. The van der Waals surface area contributed by atoms with E-state index in [0.29, 0.717) is 12.3 Å². The van der Waals surface area contributed by atoms with Gasteiger partial charge in [0.05, 0.1) is 6.04 Å². The molecule has 1 aromatic rings. The predicted molar refractivity (Wildman–Crippen MR) is 90.9 cm³/mol. The smallest absolute Gasteiger partial charge is 0.315 e. The van der Waals surface area contributed by atoms with Gasteiger partial charge in [-0.3, -0.25) is 0 Å². The minimum absolute atomic E-state index is 0.00997. The summed E-state index contributed by atoms with van der Waals surface area (Å²) in [6.07, 6.45) is 7.09. The fourth-order valence-corrected chi connectivity index (χ4v) is 4.06. The lowest BCUT2D eigenvalue weighted by Gasteiger charge is -2.48. The highest BCUT2D eigenvalue weighted by atomic mass is 16.5. The summed E-state index contributed by atoms with van der Waals surface area (Å²) >= 11 is 0. The number of benzene rings is 1. The molecule has 1 heterocycles. The molecule has 3 N–H and O–H groups in total. The van der Waals surface area contributed by atoms with E-state index in [-0.39, 0.29) is 30.3 Å². The first-order chi connectivity index (χ1) is 11.7. The van der Waals surface area contributed by atoms with Gasteiger partial charge in [-0.25, -0.2) is 4.79 Å². The number of rotatable bonds is 5. The van der Waals surface area contributed by atoms with Crippen molar-refractivity contribution in [2.75, 3.05) is 6.61 Å². The standard InChI is InChI=1S/C19H26N2O3/c22-11-8-15(13-6-7-13)20-18(23)21-16-12-19(9-3-10-19)24-17-5-2-1-4-14(16)17/h1-2,4-5,13,15-16,22H,3,6-12H2,(H2,20,21,23)/t15-,16+/m0/s1. The van der Waals surface area contributed by atoms with Gasteiger partial charge >= 0.3 is 6.03 Å². The summed E-state index contributed by atoms with van der Waals surface area (Å²) in [5.41, 5.74) is 0.975. The molecule has 2 saturated carbocycles. The average molecular weight is 330 g/mol. The number of amides is 2. The lowest BCUT2D eigenvalue weighted by Crippen LogP contribution is -2.52. The summed E-state index contributed by atoms with van der Waals surface area (Å²) in [7, 11) is 0. The molecule has 5 nitrogen and oxygen atoms in total. The van der Waals surface area contributed by atoms with E-state index in [0.717, 1.165) is 43.4 Å². The summed E-state index contributed by atoms with van der Waals surface area (Å²) in [6.45, 7) is 0.116. The van der Waals surface area contributed by atoms with Gasteiger partial charge in [-0.05, 0) is 50.5 Å². The number of urea groups is 1. The molecule has 0 saturated heterocycles. The van der Waals surface area contributed by atoms with Crippen molar-refractivity contribution in [3.63, 3.8) is 0 Å². The van der Waals surface area contributed by atoms with E-state index in [4.69, 9.17) is 4.74 Å².